The fourth-order valence-electron chi connectivity index (χ4n) is 3.17. The Morgan fingerprint density at radius 1 is 0.926 bits per heavy atom. The van der Waals surface area contributed by atoms with Gasteiger partial charge in [0.1, 0.15) is 17.2 Å². The largest absolute Gasteiger partial charge is 0.507 e. The Kier molecular flexibility index (Phi) is 6.85. The average Bonchev–Trinajstić information content (AvgIpc) is 3.22. The van der Waals surface area contributed by atoms with Crippen LogP contribution in [0.2, 0.25) is 0 Å². The lowest BCUT2D eigenvalue weighted by Crippen LogP contribution is -1.97. The number of phenols is 1. The first kappa shape index (κ1) is 19.0. The van der Waals surface area contributed by atoms with Gasteiger partial charge in [-0.15, -0.1) is 0 Å². The lowest BCUT2D eigenvalue weighted by molar-refractivity contribution is 0.303. The minimum Gasteiger partial charge on any atom is -0.507 e. The number of aromatic hydroxyl groups is 1. The molecule has 0 spiro atoms. The van der Waals surface area contributed by atoms with Crippen LogP contribution < -0.4 is 4.74 Å². The molecule has 0 atom stereocenters. The topological polar surface area (TPSA) is 71.0 Å². The molecule has 3 rings (SSSR count). The molecule has 5 heteroatoms. The maximum Gasteiger partial charge on any atom is 0.127 e. The fourth-order valence-corrected chi connectivity index (χ4v) is 3.17. The Hall–Kier alpha value is -2.82. The van der Waals surface area contributed by atoms with E-state index in [4.69, 9.17) is 4.74 Å². The van der Waals surface area contributed by atoms with Crippen molar-refractivity contribution in [1.82, 2.24) is 15.4 Å². The highest BCUT2D eigenvalue weighted by Crippen LogP contribution is 2.37. The van der Waals surface area contributed by atoms with Crippen LogP contribution in [0, 0.1) is 0 Å². The number of H-pyrrole nitrogens is 1. The van der Waals surface area contributed by atoms with E-state index in [2.05, 4.69) is 22.3 Å². The summed E-state index contributed by atoms with van der Waals surface area (Å²) in [6, 6.07) is 13.3. The van der Waals surface area contributed by atoms with E-state index < -0.39 is 0 Å². The number of unbranched alkanes of at least 4 members (excludes halogenated alkanes) is 5. The van der Waals surface area contributed by atoms with Crippen LogP contribution in [0.5, 0.6) is 11.5 Å². The second kappa shape index (κ2) is 9.76. The van der Waals surface area contributed by atoms with Crippen LogP contribution in [0.4, 0.5) is 0 Å². The van der Waals surface area contributed by atoms with E-state index in [0.717, 1.165) is 28.8 Å². The van der Waals surface area contributed by atoms with Gasteiger partial charge in [-0.1, -0.05) is 63.3 Å². The quantitative estimate of drug-likeness (QED) is 0.460. The maximum absolute atomic E-state index is 10.5. The Morgan fingerprint density at radius 2 is 1.70 bits per heavy atom. The van der Waals surface area contributed by atoms with Crippen molar-refractivity contribution in [1.29, 1.82) is 0 Å². The molecule has 0 unspecified atom stereocenters. The highest BCUT2D eigenvalue weighted by Gasteiger charge is 2.13. The van der Waals surface area contributed by atoms with Crippen molar-refractivity contribution in [2.24, 2.45) is 0 Å². The van der Waals surface area contributed by atoms with E-state index in [0.29, 0.717) is 12.4 Å². The fraction of sp³-hybridized carbons (Fsp3) is 0.364. The predicted molar refractivity (Wildman–Crippen MR) is 108 cm³/mol. The molecule has 1 aromatic heterocycles. The zero-order valence-corrected chi connectivity index (χ0v) is 15.8. The van der Waals surface area contributed by atoms with Gasteiger partial charge in [0, 0.05) is 17.2 Å². The lowest BCUT2D eigenvalue weighted by atomic mass is 9.97. The van der Waals surface area contributed by atoms with E-state index in [9.17, 15) is 5.11 Å². The summed E-state index contributed by atoms with van der Waals surface area (Å²) in [6.45, 7) is 2.91. The monoisotopic (exact) mass is 365 g/mol. The number of hydrogen-bond acceptors (Lipinski definition) is 4. The first-order chi connectivity index (χ1) is 13.3. The maximum atomic E-state index is 10.5. The van der Waals surface area contributed by atoms with Crippen molar-refractivity contribution < 1.29 is 9.84 Å². The van der Waals surface area contributed by atoms with Crippen molar-refractivity contribution >= 4 is 0 Å². The van der Waals surface area contributed by atoms with Crippen molar-refractivity contribution in [2.75, 3.05) is 6.61 Å². The van der Waals surface area contributed by atoms with E-state index in [1.807, 2.05) is 36.4 Å². The molecule has 0 bridgehead atoms. The molecule has 0 saturated carbocycles. The molecule has 2 N–H and O–H groups in total. The van der Waals surface area contributed by atoms with Crippen molar-refractivity contribution in [3.63, 3.8) is 0 Å². The molecule has 0 aliphatic carbocycles. The van der Waals surface area contributed by atoms with Crippen LogP contribution in [0.15, 0.2) is 48.7 Å². The number of rotatable bonds is 10. The Labute approximate surface area is 160 Å². The Balaban J connectivity index is 1.64. The molecular formula is C22H27N3O2. The van der Waals surface area contributed by atoms with Crippen molar-refractivity contribution in [3.05, 3.63) is 48.7 Å². The number of benzene rings is 2. The summed E-state index contributed by atoms with van der Waals surface area (Å²) in [5.74, 6) is 0.898. The molecule has 2 aromatic carbocycles. The molecule has 3 aromatic rings. The van der Waals surface area contributed by atoms with Gasteiger partial charge in [0.25, 0.3) is 0 Å². The summed E-state index contributed by atoms with van der Waals surface area (Å²) in [5, 5.41) is 21.2. The van der Waals surface area contributed by atoms with Gasteiger partial charge in [-0.3, -0.25) is 0 Å². The van der Waals surface area contributed by atoms with Gasteiger partial charge in [-0.05, 0) is 24.1 Å². The molecule has 0 aliphatic rings. The summed E-state index contributed by atoms with van der Waals surface area (Å²) in [4.78, 5) is 0. The van der Waals surface area contributed by atoms with Crippen LogP contribution in [0.25, 0.3) is 22.4 Å². The molecule has 5 nitrogen and oxygen atoms in total. The Morgan fingerprint density at radius 3 is 2.44 bits per heavy atom. The number of nitrogens with one attached hydrogen (secondary N) is 1. The summed E-state index contributed by atoms with van der Waals surface area (Å²) < 4.78 is 5.80. The molecule has 0 radical (unpaired) electrons. The van der Waals surface area contributed by atoms with E-state index in [1.54, 1.807) is 12.3 Å². The molecule has 0 aliphatic heterocycles. The Bertz CT molecular complexity index is 831. The van der Waals surface area contributed by atoms with Crippen LogP contribution >= 0.6 is 0 Å². The predicted octanol–water partition coefficient (Wildman–Crippen LogP) is 5.58. The third-order valence-electron chi connectivity index (χ3n) is 4.64. The van der Waals surface area contributed by atoms with Gasteiger partial charge in [0.15, 0.2) is 0 Å². The lowest BCUT2D eigenvalue weighted by Gasteiger charge is -2.12. The van der Waals surface area contributed by atoms with Crippen LogP contribution in [0.3, 0.4) is 0 Å². The molecule has 1 heterocycles. The summed E-state index contributed by atoms with van der Waals surface area (Å²) in [6.07, 6.45) is 9.05. The van der Waals surface area contributed by atoms with Gasteiger partial charge in [-0.2, -0.15) is 15.4 Å². The van der Waals surface area contributed by atoms with Crippen molar-refractivity contribution in [3.8, 4) is 33.9 Å². The first-order valence-electron chi connectivity index (χ1n) is 9.71. The molecular weight excluding hydrogens is 338 g/mol. The average molecular weight is 365 g/mol. The van der Waals surface area contributed by atoms with E-state index >= 15 is 0 Å². The molecule has 0 fully saturated rings. The summed E-state index contributed by atoms with van der Waals surface area (Å²) in [7, 11) is 0. The normalized spacial score (nSPS) is 10.9. The zero-order chi connectivity index (χ0) is 18.9. The molecule has 27 heavy (non-hydrogen) atoms. The highest BCUT2D eigenvalue weighted by molar-refractivity contribution is 5.84. The first-order valence-corrected chi connectivity index (χ1v) is 9.71. The van der Waals surface area contributed by atoms with Gasteiger partial charge in [-0.25, -0.2) is 0 Å². The number of aromatic amines is 1. The van der Waals surface area contributed by atoms with Gasteiger partial charge in [0.2, 0.25) is 0 Å². The van der Waals surface area contributed by atoms with Crippen molar-refractivity contribution in [2.45, 2.75) is 45.4 Å². The van der Waals surface area contributed by atoms with E-state index in [1.165, 1.54) is 32.1 Å². The number of nitrogens with zero attached hydrogens (tertiary/aromatic N) is 2. The van der Waals surface area contributed by atoms with Crippen LogP contribution in [-0.4, -0.2) is 27.1 Å². The molecule has 142 valence electrons. The van der Waals surface area contributed by atoms with E-state index in [-0.39, 0.29) is 5.75 Å². The SMILES string of the molecule is CCCCCCCCOc1ccc(-c2ccccc2-c2cn[nH]n2)c(O)c1. The summed E-state index contributed by atoms with van der Waals surface area (Å²) >= 11 is 0. The second-order valence-electron chi connectivity index (χ2n) is 6.70. The number of aromatic nitrogens is 3. The highest BCUT2D eigenvalue weighted by atomic mass is 16.5. The second-order valence-corrected chi connectivity index (χ2v) is 6.70. The molecule has 0 amide bonds. The minimum atomic E-state index is 0.200. The minimum absolute atomic E-state index is 0.200. The summed E-state index contributed by atoms with van der Waals surface area (Å²) in [5.41, 5.74) is 3.32. The smallest absolute Gasteiger partial charge is 0.127 e. The third kappa shape index (κ3) is 5.09. The van der Waals surface area contributed by atoms with Gasteiger partial charge in [0.05, 0.1) is 12.8 Å². The number of phenolic OH excluding ortho intramolecular Hbond substituents is 1. The molecule has 0 saturated heterocycles. The number of hydrogen-bond donors (Lipinski definition) is 2. The van der Waals surface area contributed by atoms with Gasteiger partial charge < -0.3 is 9.84 Å². The standard InChI is InChI=1S/C22H27N3O2/c1-2-3-4-5-6-9-14-27-17-12-13-20(22(26)15-17)18-10-7-8-11-19(18)21-16-23-25-24-21/h7-8,10-13,15-16,26H,2-6,9,14H2,1H3,(H,23,24,25). The van der Waals surface area contributed by atoms with Gasteiger partial charge >= 0.3 is 0 Å². The zero-order valence-electron chi connectivity index (χ0n) is 15.8. The van der Waals surface area contributed by atoms with Crippen LogP contribution in [-0.2, 0) is 0 Å². The third-order valence-corrected chi connectivity index (χ3v) is 4.64. The number of ether oxygens (including phenoxy) is 1. The van der Waals surface area contributed by atoms with Crippen LogP contribution in [0.1, 0.15) is 45.4 Å².